The van der Waals surface area contributed by atoms with Crippen molar-refractivity contribution in [3.8, 4) is 5.75 Å². The van der Waals surface area contributed by atoms with E-state index in [1.807, 2.05) is 43.8 Å². The molecule has 1 saturated carbocycles. The molecule has 11 heteroatoms. The number of anilines is 2. The molecule has 3 N–H and O–H groups in total. The summed E-state index contributed by atoms with van der Waals surface area (Å²) in [6, 6.07) is 5.74. The quantitative estimate of drug-likeness (QED) is 0.494. The number of alkyl halides is 3. The second-order valence-electron chi connectivity index (χ2n) is 8.67. The Morgan fingerprint density at radius 2 is 1.91 bits per heavy atom. The van der Waals surface area contributed by atoms with Crippen LogP contribution in [0.4, 0.5) is 24.7 Å². The number of aryl methyl sites for hydroxylation is 3. The summed E-state index contributed by atoms with van der Waals surface area (Å²) in [5.74, 6) is 1.41. The molecule has 0 radical (unpaired) electrons. The van der Waals surface area contributed by atoms with Crippen LogP contribution < -0.4 is 15.4 Å². The third kappa shape index (κ3) is 5.41. The molecular formula is C22H29F3N6O2. The van der Waals surface area contributed by atoms with Gasteiger partial charge in [-0.05, 0) is 32.6 Å². The first-order valence-corrected chi connectivity index (χ1v) is 11.0. The molecule has 1 aliphatic rings. The summed E-state index contributed by atoms with van der Waals surface area (Å²) in [6.07, 6.45) is -2.44. The number of nitrogens with one attached hydrogen (secondary N) is 2. The van der Waals surface area contributed by atoms with Crippen molar-refractivity contribution in [2.24, 2.45) is 14.1 Å². The highest BCUT2D eigenvalue weighted by molar-refractivity contribution is 5.91. The van der Waals surface area contributed by atoms with E-state index in [4.69, 9.17) is 4.74 Å². The maximum Gasteiger partial charge on any atom is 0.415 e. The van der Waals surface area contributed by atoms with Crippen molar-refractivity contribution in [2.75, 3.05) is 11.9 Å². The molecule has 0 spiro atoms. The van der Waals surface area contributed by atoms with Gasteiger partial charge in [0.1, 0.15) is 11.3 Å². The van der Waals surface area contributed by atoms with E-state index in [-0.39, 0.29) is 12.1 Å². The molecule has 8 nitrogen and oxygen atoms in total. The molecule has 1 fully saturated rings. The lowest BCUT2D eigenvalue weighted by Gasteiger charge is -2.30. The number of aromatic nitrogens is 4. The number of hydrogen-bond acceptors (Lipinski definition) is 6. The van der Waals surface area contributed by atoms with E-state index in [1.165, 1.54) is 0 Å². The third-order valence-corrected chi connectivity index (χ3v) is 6.13. The fraction of sp³-hybridized carbons (Fsp3) is 0.545. The van der Waals surface area contributed by atoms with Crippen LogP contribution in [0.25, 0.3) is 11.0 Å². The van der Waals surface area contributed by atoms with Gasteiger partial charge in [0.25, 0.3) is 0 Å². The number of benzene rings is 1. The second-order valence-corrected chi connectivity index (χ2v) is 8.67. The van der Waals surface area contributed by atoms with Crippen LogP contribution in [0.5, 0.6) is 5.75 Å². The van der Waals surface area contributed by atoms with Crippen LogP contribution in [-0.4, -0.2) is 55.4 Å². The summed E-state index contributed by atoms with van der Waals surface area (Å²) in [5, 5.41) is 19.8. The molecule has 0 bridgehead atoms. The van der Waals surface area contributed by atoms with Gasteiger partial charge in [-0.25, -0.2) is 4.98 Å². The number of nitrogens with zero attached hydrogens (tertiary/aromatic N) is 4. The van der Waals surface area contributed by atoms with Crippen molar-refractivity contribution >= 4 is 22.5 Å². The molecule has 1 atom stereocenters. The molecule has 2 heterocycles. The zero-order chi connectivity index (χ0) is 23.8. The molecule has 33 heavy (non-hydrogen) atoms. The van der Waals surface area contributed by atoms with Crippen LogP contribution in [0.15, 0.2) is 24.5 Å². The Balaban J connectivity index is 1.41. The highest BCUT2D eigenvalue weighted by atomic mass is 19.4. The van der Waals surface area contributed by atoms with Crippen molar-refractivity contribution in [1.29, 1.82) is 0 Å². The molecule has 3 aromatic rings. The standard InChI is InChI=1S/C22H29F3N6O2/c1-13-8-20(29-31(13)3)28-17-9-16(10-18-21(17)27-12-30(18)2)33-15-6-4-14(5-7-15)26-11-19(32)22(23,24)25/h8-10,12,14-15,19,26,32H,4-7,11H2,1-3H3,(H,28,29)/t14-,15+,19-/m0/s1. The van der Waals surface area contributed by atoms with Gasteiger partial charge in [0.15, 0.2) is 11.9 Å². The number of rotatable bonds is 7. The summed E-state index contributed by atoms with van der Waals surface area (Å²) >= 11 is 0. The van der Waals surface area contributed by atoms with E-state index in [0.717, 1.165) is 22.4 Å². The van der Waals surface area contributed by atoms with Crippen molar-refractivity contribution in [3.05, 3.63) is 30.2 Å². The fourth-order valence-corrected chi connectivity index (χ4v) is 4.10. The monoisotopic (exact) mass is 466 g/mol. The molecular weight excluding hydrogens is 437 g/mol. The summed E-state index contributed by atoms with van der Waals surface area (Å²) in [7, 11) is 3.80. The highest BCUT2D eigenvalue weighted by Crippen LogP contribution is 2.33. The van der Waals surface area contributed by atoms with E-state index in [9.17, 15) is 18.3 Å². The number of hydrogen-bond donors (Lipinski definition) is 3. The van der Waals surface area contributed by atoms with Gasteiger partial charge in [-0.3, -0.25) is 4.68 Å². The number of ether oxygens (including phenoxy) is 1. The van der Waals surface area contributed by atoms with Crippen LogP contribution >= 0.6 is 0 Å². The Morgan fingerprint density at radius 1 is 1.18 bits per heavy atom. The largest absolute Gasteiger partial charge is 0.490 e. The average Bonchev–Trinajstić information content (AvgIpc) is 3.28. The third-order valence-electron chi connectivity index (χ3n) is 6.13. The fourth-order valence-electron chi connectivity index (χ4n) is 4.10. The molecule has 0 amide bonds. The lowest BCUT2D eigenvalue weighted by molar-refractivity contribution is -0.202. The average molecular weight is 467 g/mol. The number of imidazole rings is 1. The number of aliphatic hydroxyl groups is 1. The molecule has 0 saturated heterocycles. The Kier molecular flexibility index (Phi) is 6.53. The van der Waals surface area contributed by atoms with Crippen LogP contribution in [0, 0.1) is 6.92 Å². The van der Waals surface area contributed by atoms with Gasteiger partial charge < -0.3 is 25.0 Å². The molecule has 4 rings (SSSR count). The smallest absolute Gasteiger partial charge is 0.415 e. The first-order valence-electron chi connectivity index (χ1n) is 11.0. The Morgan fingerprint density at radius 3 is 2.55 bits per heavy atom. The maximum atomic E-state index is 12.5. The van der Waals surface area contributed by atoms with E-state index < -0.39 is 18.8 Å². The first kappa shape index (κ1) is 23.4. The van der Waals surface area contributed by atoms with Gasteiger partial charge in [0.2, 0.25) is 0 Å². The van der Waals surface area contributed by atoms with Gasteiger partial charge in [0, 0.05) is 50.6 Å². The maximum absolute atomic E-state index is 12.5. The molecule has 0 aliphatic heterocycles. The van der Waals surface area contributed by atoms with Gasteiger partial charge in [-0.2, -0.15) is 18.3 Å². The SMILES string of the molecule is Cc1cc(Nc2cc(O[C@H]3CC[C@@H](NC[C@H](O)C(F)(F)F)CC3)cc3c2ncn3C)nn1C. The normalized spacial score (nSPS) is 20.2. The molecule has 180 valence electrons. The van der Waals surface area contributed by atoms with Gasteiger partial charge >= 0.3 is 6.18 Å². The molecule has 1 aromatic carbocycles. The van der Waals surface area contributed by atoms with Gasteiger partial charge in [-0.15, -0.1) is 0 Å². The van der Waals surface area contributed by atoms with Crippen molar-refractivity contribution in [2.45, 2.75) is 57.0 Å². The highest BCUT2D eigenvalue weighted by Gasteiger charge is 2.38. The van der Waals surface area contributed by atoms with Crippen LogP contribution in [0.2, 0.25) is 0 Å². The minimum absolute atomic E-state index is 0.0359. The zero-order valence-corrected chi connectivity index (χ0v) is 18.9. The predicted molar refractivity (Wildman–Crippen MR) is 119 cm³/mol. The zero-order valence-electron chi connectivity index (χ0n) is 18.9. The van der Waals surface area contributed by atoms with Crippen LogP contribution in [-0.2, 0) is 14.1 Å². The van der Waals surface area contributed by atoms with Gasteiger partial charge in [-0.1, -0.05) is 0 Å². The van der Waals surface area contributed by atoms with Crippen molar-refractivity contribution in [3.63, 3.8) is 0 Å². The van der Waals surface area contributed by atoms with E-state index in [2.05, 4.69) is 20.7 Å². The topological polar surface area (TPSA) is 89.2 Å². The van der Waals surface area contributed by atoms with E-state index >= 15 is 0 Å². The lowest BCUT2D eigenvalue weighted by atomic mass is 9.93. The number of halogens is 3. The van der Waals surface area contributed by atoms with Crippen molar-refractivity contribution < 1.29 is 23.0 Å². The Bertz CT molecular complexity index is 1080. The summed E-state index contributed by atoms with van der Waals surface area (Å²) < 4.78 is 47.4. The Hall–Kier alpha value is -2.79. The summed E-state index contributed by atoms with van der Waals surface area (Å²) in [6.45, 7) is 1.49. The minimum Gasteiger partial charge on any atom is -0.490 e. The number of fused-ring (bicyclic) bond motifs is 1. The molecule has 2 aromatic heterocycles. The molecule has 1 aliphatic carbocycles. The van der Waals surface area contributed by atoms with Crippen LogP contribution in [0.3, 0.4) is 0 Å². The Labute approximate surface area is 189 Å². The van der Waals surface area contributed by atoms with Crippen LogP contribution in [0.1, 0.15) is 31.4 Å². The minimum atomic E-state index is -4.60. The second kappa shape index (κ2) is 9.22. The number of aliphatic hydroxyl groups excluding tert-OH is 1. The summed E-state index contributed by atoms with van der Waals surface area (Å²) in [4.78, 5) is 4.49. The first-order chi connectivity index (χ1) is 15.6. The van der Waals surface area contributed by atoms with Gasteiger partial charge in [0.05, 0.1) is 23.6 Å². The van der Waals surface area contributed by atoms with E-state index in [0.29, 0.717) is 37.3 Å². The van der Waals surface area contributed by atoms with E-state index in [1.54, 1.807) is 11.0 Å². The molecule has 0 unspecified atom stereocenters. The summed E-state index contributed by atoms with van der Waals surface area (Å²) in [5.41, 5.74) is 3.54. The lowest BCUT2D eigenvalue weighted by Crippen LogP contribution is -2.44. The predicted octanol–water partition coefficient (Wildman–Crippen LogP) is 3.56. The van der Waals surface area contributed by atoms with Crippen molar-refractivity contribution in [1.82, 2.24) is 24.6 Å².